The van der Waals surface area contributed by atoms with Crippen molar-refractivity contribution in [1.29, 1.82) is 5.26 Å². The molecule has 0 aromatic heterocycles. The lowest BCUT2D eigenvalue weighted by molar-refractivity contribution is 0.0219. The third-order valence-corrected chi connectivity index (χ3v) is 5.73. The smallest absolute Gasteiger partial charge is 0.255 e. The van der Waals surface area contributed by atoms with Crippen molar-refractivity contribution in [2.45, 2.75) is 25.4 Å². The second-order valence-corrected chi connectivity index (χ2v) is 7.66. The van der Waals surface area contributed by atoms with Gasteiger partial charge in [-0.05, 0) is 32.0 Å². The quantitative estimate of drug-likeness (QED) is 0.576. The first-order valence-corrected chi connectivity index (χ1v) is 10.3. The number of nitrogens with one attached hydrogen (secondary N) is 2. The SMILES string of the molecule is CNc1cc(C(=O)NC[C@@H]2CCN(CCCC#N)CC2O)c2c(c1Cl)OCCO2. The minimum Gasteiger partial charge on any atom is -0.485 e. The molecule has 1 amide bonds. The van der Waals surface area contributed by atoms with Crippen LogP contribution in [0.5, 0.6) is 11.5 Å². The summed E-state index contributed by atoms with van der Waals surface area (Å²) in [6.07, 6.45) is 1.60. The fourth-order valence-electron chi connectivity index (χ4n) is 3.72. The number of piperidine rings is 1. The third kappa shape index (κ3) is 5.04. The van der Waals surface area contributed by atoms with Crippen molar-refractivity contribution < 1.29 is 19.4 Å². The molecule has 29 heavy (non-hydrogen) atoms. The molecule has 3 rings (SSSR count). The summed E-state index contributed by atoms with van der Waals surface area (Å²) in [6.45, 7) is 3.32. The Labute approximate surface area is 175 Å². The molecule has 1 fully saturated rings. The van der Waals surface area contributed by atoms with Crippen molar-refractivity contribution in [1.82, 2.24) is 10.2 Å². The molecule has 2 aliphatic rings. The largest absolute Gasteiger partial charge is 0.485 e. The zero-order chi connectivity index (χ0) is 20.8. The maximum Gasteiger partial charge on any atom is 0.255 e. The highest BCUT2D eigenvalue weighted by molar-refractivity contribution is 6.35. The number of unbranched alkanes of at least 4 members (excludes halogenated alkanes) is 1. The van der Waals surface area contributed by atoms with Gasteiger partial charge >= 0.3 is 0 Å². The van der Waals surface area contributed by atoms with Gasteiger partial charge in [-0.1, -0.05) is 11.6 Å². The zero-order valence-corrected chi connectivity index (χ0v) is 17.3. The first-order chi connectivity index (χ1) is 14.0. The molecular formula is C20H27ClN4O4. The first-order valence-electron chi connectivity index (χ1n) is 9.90. The Morgan fingerprint density at radius 3 is 2.86 bits per heavy atom. The molecule has 0 saturated carbocycles. The topological polar surface area (TPSA) is 107 Å². The number of nitrogens with zero attached hydrogens (tertiary/aromatic N) is 2. The molecular weight excluding hydrogens is 396 g/mol. The molecule has 0 bridgehead atoms. The normalized spacial score (nSPS) is 21.3. The highest BCUT2D eigenvalue weighted by Crippen LogP contribution is 2.44. The van der Waals surface area contributed by atoms with E-state index in [1.807, 2.05) is 0 Å². The Kier molecular flexibility index (Phi) is 7.42. The number of carbonyl (C=O) groups is 1. The van der Waals surface area contributed by atoms with Crippen LogP contribution in [0.3, 0.4) is 0 Å². The van der Waals surface area contributed by atoms with Crippen LogP contribution in [0.25, 0.3) is 0 Å². The molecule has 2 atom stereocenters. The molecule has 3 N–H and O–H groups in total. The van der Waals surface area contributed by atoms with Crippen LogP contribution in [-0.2, 0) is 0 Å². The third-order valence-electron chi connectivity index (χ3n) is 5.36. The van der Waals surface area contributed by atoms with E-state index in [1.54, 1.807) is 13.1 Å². The predicted molar refractivity (Wildman–Crippen MR) is 110 cm³/mol. The van der Waals surface area contributed by atoms with Crippen molar-refractivity contribution in [3.63, 3.8) is 0 Å². The van der Waals surface area contributed by atoms with Gasteiger partial charge in [-0.25, -0.2) is 0 Å². The molecule has 9 heteroatoms. The van der Waals surface area contributed by atoms with Gasteiger partial charge < -0.3 is 30.1 Å². The van der Waals surface area contributed by atoms with E-state index >= 15 is 0 Å². The number of carbonyl (C=O) groups excluding carboxylic acids is 1. The molecule has 0 spiro atoms. The van der Waals surface area contributed by atoms with Crippen molar-refractivity contribution >= 4 is 23.2 Å². The maximum atomic E-state index is 12.8. The number of rotatable bonds is 7. The minimum absolute atomic E-state index is 0.0183. The van der Waals surface area contributed by atoms with Crippen molar-refractivity contribution in [2.75, 3.05) is 51.8 Å². The summed E-state index contributed by atoms with van der Waals surface area (Å²) >= 11 is 6.33. The monoisotopic (exact) mass is 422 g/mol. The van der Waals surface area contributed by atoms with E-state index in [2.05, 4.69) is 21.6 Å². The zero-order valence-electron chi connectivity index (χ0n) is 16.5. The lowest BCUT2D eigenvalue weighted by Gasteiger charge is -2.36. The number of aliphatic hydroxyl groups excluding tert-OH is 1. The van der Waals surface area contributed by atoms with Gasteiger partial charge in [0.05, 0.1) is 23.4 Å². The lowest BCUT2D eigenvalue weighted by atomic mass is 9.93. The highest BCUT2D eigenvalue weighted by Gasteiger charge is 2.30. The van der Waals surface area contributed by atoms with Crippen molar-refractivity contribution in [3.8, 4) is 17.6 Å². The van der Waals surface area contributed by atoms with Crippen LogP contribution in [0.15, 0.2) is 6.07 Å². The molecule has 0 radical (unpaired) electrons. The number of nitriles is 1. The summed E-state index contributed by atoms with van der Waals surface area (Å²) in [4.78, 5) is 15.0. The van der Waals surface area contributed by atoms with Crippen LogP contribution in [-0.4, -0.2) is 68.5 Å². The summed E-state index contributed by atoms with van der Waals surface area (Å²) in [7, 11) is 1.72. The van der Waals surface area contributed by atoms with Crippen LogP contribution in [0.1, 0.15) is 29.6 Å². The van der Waals surface area contributed by atoms with Gasteiger partial charge in [0.15, 0.2) is 11.5 Å². The van der Waals surface area contributed by atoms with Crippen LogP contribution in [0.4, 0.5) is 5.69 Å². The lowest BCUT2D eigenvalue weighted by Crippen LogP contribution is -2.47. The number of β-amino-alcohol motifs (C(OH)–C–C–N with tert-alkyl or cyclic N) is 1. The van der Waals surface area contributed by atoms with E-state index in [4.69, 9.17) is 26.3 Å². The standard InChI is InChI=1S/C20H27ClN4O4/c1-23-15-10-14(18-19(17(15)21)29-9-8-28-18)20(27)24-11-13-4-7-25(12-16(13)26)6-3-2-5-22/h10,13,16,23,26H,2-4,6-9,11-12H2,1H3,(H,24,27)/t13-,16?/m0/s1. The van der Waals surface area contributed by atoms with E-state index in [0.717, 1.165) is 25.9 Å². The van der Waals surface area contributed by atoms with Crippen LogP contribution >= 0.6 is 11.6 Å². The number of hydrogen-bond donors (Lipinski definition) is 3. The summed E-state index contributed by atoms with van der Waals surface area (Å²) in [5, 5.41) is 25.4. The average Bonchev–Trinajstić information content (AvgIpc) is 2.73. The number of aliphatic hydroxyl groups is 1. The highest BCUT2D eigenvalue weighted by atomic mass is 35.5. The first kappa shape index (κ1) is 21.5. The van der Waals surface area contributed by atoms with Gasteiger partial charge in [0.25, 0.3) is 5.91 Å². The number of hydrogen-bond acceptors (Lipinski definition) is 7. The van der Waals surface area contributed by atoms with Gasteiger partial charge in [-0.2, -0.15) is 5.26 Å². The molecule has 1 aromatic carbocycles. The number of ether oxygens (including phenoxy) is 2. The van der Waals surface area contributed by atoms with Gasteiger partial charge in [-0.15, -0.1) is 0 Å². The summed E-state index contributed by atoms with van der Waals surface area (Å²) in [6, 6.07) is 3.79. The number of anilines is 1. The molecule has 2 heterocycles. The molecule has 158 valence electrons. The number of benzene rings is 1. The molecule has 8 nitrogen and oxygen atoms in total. The van der Waals surface area contributed by atoms with E-state index in [-0.39, 0.29) is 11.8 Å². The van der Waals surface area contributed by atoms with Crippen LogP contribution in [0.2, 0.25) is 5.02 Å². The van der Waals surface area contributed by atoms with E-state index in [9.17, 15) is 9.90 Å². The number of halogens is 1. The summed E-state index contributed by atoms with van der Waals surface area (Å²) in [5.74, 6) is 0.421. The van der Waals surface area contributed by atoms with Gasteiger partial charge in [0.2, 0.25) is 0 Å². The van der Waals surface area contributed by atoms with Crippen LogP contribution in [0, 0.1) is 17.2 Å². The second-order valence-electron chi connectivity index (χ2n) is 7.28. The van der Waals surface area contributed by atoms with Gasteiger partial charge in [-0.3, -0.25) is 4.79 Å². The second kappa shape index (κ2) is 10.0. The van der Waals surface area contributed by atoms with Gasteiger partial charge in [0.1, 0.15) is 18.2 Å². The van der Waals surface area contributed by atoms with Crippen molar-refractivity contribution in [2.24, 2.45) is 5.92 Å². The fraction of sp³-hybridized carbons (Fsp3) is 0.600. The maximum absolute atomic E-state index is 12.8. The van der Waals surface area contributed by atoms with Gasteiger partial charge in [0, 0.05) is 32.5 Å². The Hall–Kier alpha value is -2.21. The minimum atomic E-state index is -0.516. The Bertz CT molecular complexity index is 783. The molecule has 1 unspecified atom stereocenters. The van der Waals surface area contributed by atoms with E-state index in [0.29, 0.717) is 60.5 Å². The number of likely N-dealkylation sites (tertiary alicyclic amines) is 1. The summed E-state index contributed by atoms with van der Waals surface area (Å²) in [5.41, 5.74) is 0.948. The average molecular weight is 423 g/mol. The Morgan fingerprint density at radius 2 is 2.17 bits per heavy atom. The predicted octanol–water partition coefficient (Wildman–Crippen LogP) is 1.87. The molecule has 0 aliphatic carbocycles. The number of amides is 1. The molecule has 2 aliphatic heterocycles. The Morgan fingerprint density at radius 1 is 1.41 bits per heavy atom. The van der Waals surface area contributed by atoms with E-state index < -0.39 is 6.10 Å². The number of fused-ring (bicyclic) bond motifs is 1. The molecule has 1 saturated heterocycles. The summed E-state index contributed by atoms with van der Waals surface area (Å²) < 4.78 is 11.3. The van der Waals surface area contributed by atoms with E-state index in [1.165, 1.54) is 0 Å². The van der Waals surface area contributed by atoms with Crippen LogP contribution < -0.4 is 20.1 Å². The van der Waals surface area contributed by atoms with Crippen molar-refractivity contribution in [3.05, 3.63) is 16.7 Å². The Balaban J connectivity index is 1.61. The molecule has 1 aromatic rings. The fourth-order valence-corrected chi connectivity index (χ4v) is 4.00.